The summed E-state index contributed by atoms with van der Waals surface area (Å²) < 4.78 is 0. The summed E-state index contributed by atoms with van der Waals surface area (Å²) >= 11 is 0. The maximum Gasteiger partial charge on any atom is 0.235 e. The lowest BCUT2D eigenvalue weighted by Gasteiger charge is -2.36. The molecule has 2 aromatic rings. The summed E-state index contributed by atoms with van der Waals surface area (Å²) in [6.07, 6.45) is 0.572. The van der Waals surface area contributed by atoms with Crippen molar-refractivity contribution < 1.29 is 9.59 Å². The minimum absolute atomic E-state index is 0.0863. The molecule has 4 rings (SSSR count). The summed E-state index contributed by atoms with van der Waals surface area (Å²) in [5, 5.41) is 9.46. The van der Waals surface area contributed by atoms with Crippen LogP contribution in [-0.4, -0.2) is 40.2 Å². The molecule has 2 saturated heterocycles. The quantitative estimate of drug-likeness (QED) is 0.757. The molecule has 29 heavy (non-hydrogen) atoms. The number of nitriles is 1. The molecule has 0 spiro atoms. The van der Waals surface area contributed by atoms with Crippen molar-refractivity contribution in [3.05, 3.63) is 71.3 Å². The molecule has 3 unspecified atom stereocenters. The van der Waals surface area contributed by atoms with E-state index in [4.69, 9.17) is 0 Å². The van der Waals surface area contributed by atoms with Crippen molar-refractivity contribution in [3.8, 4) is 6.07 Å². The highest BCUT2D eigenvalue weighted by Crippen LogP contribution is 2.48. The van der Waals surface area contributed by atoms with Crippen LogP contribution in [0.1, 0.15) is 30.5 Å². The highest BCUT2D eigenvalue weighted by molar-refractivity contribution is 6.06. The van der Waals surface area contributed by atoms with Gasteiger partial charge in [0.05, 0.1) is 30.0 Å². The van der Waals surface area contributed by atoms with Gasteiger partial charge in [-0.15, -0.1) is 0 Å². The van der Waals surface area contributed by atoms with E-state index in [9.17, 15) is 14.9 Å². The van der Waals surface area contributed by atoms with Gasteiger partial charge in [-0.25, -0.2) is 0 Å². The number of imide groups is 1. The van der Waals surface area contributed by atoms with E-state index in [2.05, 4.69) is 11.0 Å². The predicted molar refractivity (Wildman–Crippen MR) is 109 cm³/mol. The SMILES string of the molecule is CN1C(Cc2ccccc2C#N)C2C(=O)N(Cc3ccccc3)C(=O)C2C1(C)C. The minimum Gasteiger partial charge on any atom is -0.296 e. The average molecular weight is 387 g/mol. The Balaban J connectivity index is 1.67. The summed E-state index contributed by atoms with van der Waals surface area (Å²) in [4.78, 5) is 30.3. The first-order valence-corrected chi connectivity index (χ1v) is 9.96. The summed E-state index contributed by atoms with van der Waals surface area (Å²) in [7, 11) is 1.99. The average Bonchev–Trinajstić information content (AvgIpc) is 3.08. The third-order valence-electron chi connectivity index (χ3n) is 6.77. The zero-order chi connectivity index (χ0) is 20.8. The molecular formula is C24H25N3O2. The summed E-state index contributed by atoms with van der Waals surface area (Å²) in [6.45, 7) is 4.39. The third-order valence-corrected chi connectivity index (χ3v) is 6.77. The molecule has 2 aliphatic rings. The Kier molecular flexibility index (Phi) is 4.76. The summed E-state index contributed by atoms with van der Waals surface area (Å²) in [5.74, 6) is -0.946. The number of rotatable bonds is 4. The standard InChI is InChI=1S/C24H25N3O2/c1-24(2)21-20(19(26(24)3)13-17-11-7-8-12-18(17)14-25)22(28)27(23(21)29)15-16-9-5-4-6-10-16/h4-12,19-21H,13,15H2,1-3H3. The van der Waals surface area contributed by atoms with Gasteiger partial charge in [-0.3, -0.25) is 19.4 Å². The van der Waals surface area contributed by atoms with E-state index in [1.807, 2.05) is 69.4 Å². The van der Waals surface area contributed by atoms with Crippen molar-refractivity contribution in [3.63, 3.8) is 0 Å². The van der Waals surface area contributed by atoms with E-state index in [0.29, 0.717) is 18.5 Å². The van der Waals surface area contributed by atoms with Crippen molar-refractivity contribution in [2.75, 3.05) is 7.05 Å². The molecule has 0 aliphatic carbocycles. The summed E-state index contributed by atoms with van der Waals surface area (Å²) in [6, 6.07) is 19.3. The van der Waals surface area contributed by atoms with Gasteiger partial charge in [-0.05, 0) is 44.5 Å². The molecule has 0 bridgehead atoms. The number of amides is 2. The second-order valence-corrected chi connectivity index (χ2v) is 8.56. The normalized spacial score (nSPS) is 25.9. The number of fused-ring (bicyclic) bond motifs is 1. The van der Waals surface area contributed by atoms with Crippen molar-refractivity contribution in [1.82, 2.24) is 9.80 Å². The van der Waals surface area contributed by atoms with Crippen LogP contribution in [0.25, 0.3) is 0 Å². The lowest BCUT2D eigenvalue weighted by molar-refractivity contribution is -0.142. The number of carbonyl (C=O) groups excluding carboxylic acids is 2. The van der Waals surface area contributed by atoms with E-state index in [0.717, 1.165) is 11.1 Å². The smallest absolute Gasteiger partial charge is 0.235 e. The summed E-state index contributed by atoms with van der Waals surface area (Å²) in [5.41, 5.74) is 2.06. The Labute approximate surface area is 171 Å². The maximum absolute atomic E-state index is 13.4. The largest absolute Gasteiger partial charge is 0.296 e. The van der Waals surface area contributed by atoms with Crippen LogP contribution in [0.2, 0.25) is 0 Å². The number of likely N-dealkylation sites (tertiary alicyclic amines) is 2. The lowest BCUT2D eigenvalue weighted by atomic mass is 9.81. The van der Waals surface area contributed by atoms with Crippen LogP contribution in [0.4, 0.5) is 0 Å². The van der Waals surface area contributed by atoms with Gasteiger partial charge in [-0.2, -0.15) is 5.26 Å². The maximum atomic E-state index is 13.4. The number of benzene rings is 2. The predicted octanol–water partition coefficient (Wildman–Crippen LogP) is 2.99. The van der Waals surface area contributed by atoms with Crippen LogP contribution in [-0.2, 0) is 22.6 Å². The molecule has 3 atom stereocenters. The highest BCUT2D eigenvalue weighted by Gasteiger charge is 2.64. The molecule has 2 aromatic carbocycles. The Bertz CT molecular complexity index is 993. The Morgan fingerprint density at radius 2 is 1.66 bits per heavy atom. The molecule has 2 heterocycles. The molecule has 5 heteroatoms. The van der Waals surface area contributed by atoms with Gasteiger partial charge in [0.2, 0.25) is 11.8 Å². The molecule has 0 aromatic heterocycles. The molecule has 0 N–H and O–H groups in total. The molecule has 0 radical (unpaired) electrons. The second kappa shape index (κ2) is 7.13. The van der Waals surface area contributed by atoms with Gasteiger partial charge in [0.25, 0.3) is 0 Å². The van der Waals surface area contributed by atoms with Gasteiger partial charge in [0.1, 0.15) is 0 Å². The van der Waals surface area contributed by atoms with Gasteiger partial charge in [0, 0.05) is 11.6 Å². The van der Waals surface area contributed by atoms with Gasteiger partial charge in [-0.1, -0.05) is 48.5 Å². The third kappa shape index (κ3) is 3.04. The fourth-order valence-corrected chi connectivity index (χ4v) is 4.99. The van der Waals surface area contributed by atoms with Gasteiger partial charge < -0.3 is 0 Å². The molecule has 2 fully saturated rings. The lowest BCUT2D eigenvalue weighted by Crippen LogP contribution is -2.48. The monoisotopic (exact) mass is 387 g/mol. The molecular weight excluding hydrogens is 362 g/mol. The first kappa shape index (κ1) is 19.4. The van der Waals surface area contributed by atoms with E-state index < -0.39 is 11.5 Å². The number of likely N-dealkylation sites (N-methyl/N-ethyl adjacent to an activating group) is 1. The van der Waals surface area contributed by atoms with Crippen molar-refractivity contribution in [2.24, 2.45) is 11.8 Å². The molecule has 2 aliphatic heterocycles. The Morgan fingerprint density at radius 3 is 2.34 bits per heavy atom. The zero-order valence-corrected chi connectivity index (χ0v) is 17.0. The van der Waals surface area contributed by atoms with Crippen molar-refractivity contribution >= 4 is 11.8 Å². The van der Waals surface area contributed by atoms with E-state index in [1.165, 1.54) is 4.90 Å². The van der Waals surface area contributed by atoms with Crippen molar-refractivity contribution in [1.29, 1.82) is 5.26 Å². The fraction of sp³-hybridized carbons (Fsp3) is 0.375. The molecule has 5 nitrogen and oxygen atoms in total. The number of hydrogen-bond acceptors (Lipinski definition) is 4. The number of nitrogens with zero attached hydrogens (tertiary/aromatic N) is 3. The van der Waals surface area contributed by atoms with Gasteiger partial charge >= 0.3 is 0 Å². The Morgan fingerprint density at radius 1 is 1.00 bits per heavy atom. The van der Waals surface area contributed by atoms with Crippen LogP contribution in [0.5, 0.6) is 0 Å². The fourth-order valence-electron chi connectivity index (χ4n) is 4.99. The van der Waals surface area contributed by atoms with Crippen LogP contribution in [0.15, 0.2) is 54.6 Å². The van der Waals surface area contributed by atoms with E-state index in [1.54, 1.807) is 6.07 Å². The van der Waals surface area contributed by atoms with Crippen LogP contribution in [0.3, 0.4) is 0 Å². The number of carbonyl (C=O) groups is 2. The van der Waals surface area contributed by atoms with Crippen LogP contribution < -0.4 is 0 Å². The first-order chi connectivity index (χ1) is 13.9. The topological polar surface area (TPSA) is 64.4 Å². The van der Waals surface area contributed by atoms with Crippen molar-refractivity contribution in [2.45, 2.75) is 38.4 Å². The van der Waals surface area contributed by atoms with E-state index >= 15 is 0 Å². The molecule has 148 valence electrons. The molecule has 0 saturated carbocycles. The zero-order valence-electron chi connectivity index (χ0n) is 17.0. The van der Waals surface area contributed by atoms with Crippen LogP contribution in [0, 0.1) is 23.2 Å². The highest BCUT2D eigenvalue weighted by atomic mass is 16.2. The second-order valence-electron chi connectivity index (χ2n) is 8.56. The molecule has 2 amide bonds. The van der Waals surface area contributed by atoms with Crippen LogP contribution >= 0.6 is 0 Å². The number of hydrogen-bond donors (Lipinski definition) is 0. The minimum atomic E-state index is -0.435. The first-order valence-electron chi connectivity index (χ1n) is 9.96. The Hall–Kier alpha value is -2.97. The van der Waals surface area contributed by atoms with Gasteiger partial charge in [0.15, 0.2) is 0 Å². The van der Waals surface area contributed by atoms with E-state index in [-0.39, 0.29) is 23.8 Å².